The maximum absolute atomic E-state index is 12.3. The summed E-state index contributed by atoms with van der Waals surface area (Å²) in [4.78, 5) is 27.3. The van der Waals surface area contributed by atoms with Crippen molar-refractivity contribution < 1.29 is 19.1 Å². The molecule has 1 aliphatic carbocycles. The highest BCUT2D eigenvalue weighted by Gasteiger charge is 2.29. The average Bonchev–Trinajstić information content (AvgIpc) is 3.18. The number of nitrogens with zero attached hydrogens (tertiary/aromatic N) is 2. The van der Waals surface area contributed by atoms with Crippen molar-refractivity contribution in [2.45, 2.75) is 31.7 Å². The van der Waals surface area contributed by atoms with Crippen LogP contribution >= 0.6 is 0 Å². The molecule has 6 heteroatoms. The van der Waals surface area contributed by atoms with E-state index in [4.69, 9.17) is 9.52 Å². The van der Waals surface area contributed by atoms with Gasteiger partial charge in [-0.05, 0) is 25.0 Å². The van der Waals surface area contributed by atoms with Crippen LogP contribution in [0.25, 0.3) is 0 Å². The first-order chi connectivity index (χ1) is 10.1. The Balaban J connectivity index is 1.58. The van der Waals surface area contributed by atoms with E-state index in [0.717, 1.165) is 13.1 Å². The van der Waals surface area contributed by atoms with Gasteiger partial charge in [0.2, 0.25) is 5.76 Å². The van der Waals surface area contributed by atoms with E-state index in [9.17, 15) is 9.59 Å². The quantitative estimate of drug-likeness (QED) is 0.917. The zero-order chi connectivity index (χ0) is 14.8. The summed E-state index contributed by atoms with van der Waals surface area (Å²) in [7, 11) is 0. The normalized spacial score (nSPS) is 20.9. The summed E-state index contributed by atoms with van der Waals surface area (Å²) in [5.41, 5.74) is 0. The Morgan fingerprint density at radius 2 is 1.67 bits per heavy atom. The molecule has 1 aliphatic heterocycles. The maximum atomic E-state index is 12.3. The molecule has 1 saturated heterocycles. The highest BCUT2D eigenvalue weighted by molar-refractivity contribution is 5.93. The van der Waals surface area contributed by atoms with Gasteiger partial charge in [0.05, 0.1) is 0 Å². The number of aromatic carboxylic acids is 1. The minimum atomic E-state index is -1.15. The average molecular weight is 292 g/mol. The zero-order valence-corrected chi connectivity index (χ0v) is 12.0. The smallest absolute Gasteiger partial charge is 0.371 e. The molecule has 0 radical (unpaired) electrons. The van der Waals surface area contributed by atoms with E-state index in [0.29, 0.717) is 19.1 Å². The molecule has 1 aromatic heterocycles. The summed E-state index contributed by atoms with van der Waals surface area (Å²) >= 11 is 0. The number of rotatable bonds is 3. The SMILES string of the molecule is O=C(O)c1ccc(C(=O)N2CCN(C3CCCC3)CC2)o1. The fourth-order valence-electron chi connectivity index (χ4n) is 3.28. The van der Waals surface area contributed by atoms with Gasteiger partial charge in [-0.15, -0.1) is 0 Å². The fraction of sp³-hybridized carbons (Fsp3) is 0.600. The van der Waals surface area contributed by atoms with Crippen molar-refractivity contribution in [3.8, 4) is 0 Å². The Labute approximate surface area is 123 Å². The molecule has 3 rings (SSSR count). The third-order valence-electron chi connectivity index (χ3n) is 4.47. The van der Waals surface area contributed by atoms with Crippen molar-refractivity contribution in [1.82, 2.24) is 9.80 Å². The van der Waals surface area contributed by atoms with Crippen LogP contribution in [0, 0.1) is 0 Å². The maximum Gasteiger partial charge on any atom is 0.371 e. The first-order valence-corrected chi connectivity index (χ1v) is 7.51. The molecule has 0 spiro atoms. The van der Waals surface area contributed by atoms with Gasteiger partial charge in [0.1, 0.15) is 0 Å². The molecule has 0 atom stereocenters. The number of carboxylic acids is 1. The molecule has 1 aromatic rings. The van der Waals surface area contributed by atoms with Crippen LogP contribution in [0.3, 0.4) is 0 Å². The molecule has 0 aromatic carbocycles. The van der Waals surface area contributed by atoms with Crippen molar-refractivity contribution in [2.24, 2.45) is 0 Å². The minimum Gasteiger partial charge on any atom is -0.475 e. The zero-order valence-electron chi connectivity index (χ0n) is 12.0. The number of piperazine rings is 1. The lowest BCUT2D eigenvalue weighted by Gasteiger charge is -2.37. The molecule has 1 saturated carbocycles. The van der Waals surface area contributed by atoms with Crippen molar-refractivity contribution in [3.63, 3.8) is 0 Å². The van der Waals surface area contributed by atoms with Gasteiger partial charge >= 0.3 is 5.97 Å². The predicted molar refractivity (Wildman–Crippen MR) is 75.4 cm³/mol. The van der Waals surface area contributed by atoms with Gasteiger partial charge in [0, 0.05) is 32.2 Å². The van der Waals surface area contributed by atoms with Gasteiger partial charge in [-0.1, -0.05) is 12.8 Å². The van der Waals surface area contributed by atoms with Crippen molar-refractivity contribution >= 4 is 11.9 Å². The number of carbonyl (C=O) groups excluding carboxylic acids is 1. The first-order valence-electron chi connectivity index (χ1n) is 7.51. The summed E-state index contributed by atoms with van der Waals surface area (Å²) in [5, 5.41) is 8.82. The number of hydrogen-bond acceptors (Lipinski definition) is 4. The molecule has 21 heavy (non-hydrogen) atoms. The molecule has 0 bridgehead atoms. The number of carboxylic acid groups (broad SMARTS) is 1. The second kappa shape index (κ2) is 5.89. The summed E-state index contributed by atoms with van der Waals surface area (Å²) in [6.45, 7) is 3.14. The van der Waals surface area contributed by atoms with Crippen molar-refractivity contribution in [1.29, 1.82) is 0 Å². The van der Waals surface area contributed by atoms with Gasteiger partial charge in [-0.25, -0.2) is 4.79 Å². The lowest BCUT2D eigenvalue weighted by molar-refractivity contribution is 0.0537. The van der Waals surface area contributed by atoms with Crippen LogP contribution in [-0.2, 0) is 0 Å². The number of carbonyl (C=O) groups is 2. The summed E-state index contributed by atoms with van der Waals surface area (Å²) in [6, 6.07) is 3.45. The van der Waals surface area contributed by atoms with Gasteiger partial charge < -0.3 is 14.4 Å². The van der Waals surface area contributed by atoms with E-state index < -0.39 is 5.97 Å². The van der Waals surface area contributed by atoms with Gasteiger partial charge in [-0.2, -0.15) is 0 Å². The van der Waals surface area contributed by atoms with E-state index in [-0.39, 0.29) is 17.4 Å². The van der Waals surface area contributed by atoms with Gasteiger partial charge in [0.15, 0.2) is 5.76 Å². The Hall–Kier alpha value is -1.82. The Bertz CT molecular complexity index is 526. The van der Waals surface area contributed by atoms with Crippen LogP contribution in [0.2, 0.25) is 0 Å². The molecule has 0 unspecified atom stereocenters. The van der Waals surface area contributed by atoms with Gasteiger partial charge in [-0.3, -0.25) is 9.69 Å². The fourth-order valence-corrected chi connectivity index (χ4v) is 3.28. The number of hydrogen-bond donors (Lipinski definition) is 1. The molecule has 1 N–H and O–H groups in total. The molecule has 2 fully saturated rings. The van der Waals surface area contributed by atoms with Crippen LogP contribution in [-0.4, -0.2) is 59.0 Å². The van der Waals surface area contributed by atoms with E-state index in [1.807, 2.05) is 0 Å². The lowest BCUT2D eigenvalue weighted by atomic mass is 10.2. The largest absolute Gasteiger partial charge is 0.475 e. The third kappa shape index (κ3) is 2.95. The van der Waals surface area contributed by atoms with Gasteiger partial charge in [0.25, 0.3) is 5.91 Å². The van der Waals surface area contributed by atoms with Crippen molar-refractivity contribution in [3.05, 3.63) is 23.7 Å². The summed E-state index contributed by atoms with van der Waals surface area (Å²) in [5.74, 6) is -1.45. The summed E-state index contributed by atoms with van der Waals surface area (Å²) < 4.78 is 5.08. The molecular formula is C15H20N2O4. The van der Waals surface area contributed by atoms with Crippen LogP contribution in [0.4, 0.5) is 0 Å². The van der Waals surface area contributed by atoms with Crippen LogP contribution in [0.5, 0.6) is 0 Å². The molecule has 2 aliphatic rings. The molecule has 2 heterocycles. The second-order valence-electron chi connectivity index (χ2n) is 5.74. The molecule has 1 amide bonds. The standard InChI is InChI=1S/C15H20N2O4/c18-14(12-5-6-13(21-12)15(19)20)17-9-7-16(8-10-17)11-3-1-2-4-11/h5-6,11H,1-4,7-10H2,(H,19,20). The topological polar surface area (TPSA) is 74.0 Å². The molecule has 114 valence electrons. The van der Waals surface area contributed by atoms with E-state index in [1.165, 1.54) is 37.8 Å². The number of amides is 1. The van der Waals surface area contributed by atoms with Crippen LogP contribution < -0.4 is 0 Å². The monoisotopic (exact) mass is 292 g/mol. The van der Waals surface area contributed by atoms with E-state index >= 15 is 0 Å². The highest BCUT2D eigenvalue weighted by atomic mass is 16.4. The van der Waals surface area contributed by atoms with E-state index in [1.54, 1.807) is 4.90 Å². The predicted octanol–water partition coefficient (Wildman–Crippen LogP) is 1.68. The van der Waals surface area contributed by atoms with Crippen LogP contribution in [0.1, 0.15) is 46.8 Å². The van der Waals surface area contributed by atoms with E-state index in [2.05, 4.69) is 4.90 Å². The highest BCUT2D eigenvalue weighted by Crippen LogP contribution is 2.24. The Morgan fingerprint density at radius 1 is 1.05 bits per heavy atom. The lowest BCUT2D eigenvalue weighted by Crippen LogP contribution is -2.51. The van der Waals surface area contributed by atoms with Crippen molar-refractivity contribution in [2.75, 3.05) is 26.2 Å². The van der Waals surface area contributed by atoms with Crippen LogP contribution in [0.15, 0.2) is 16.5 Å². The molecular weight excluding hydrogens is 272 g/mol. The number of furan rings is 1. The Morgan fingerprint density at radius 3 is 2.24 bits per heavy atom. The summed E-state index contributed by atoms with van der Waals surface area (Å²) in [6.07, 6.45) is 5.17. The molecule has 6 nitrogen and oxygen atoms in total. The second-order valence-corrected chi connectivity index (χ2v) is 5.74. The Kier molecular flexibility index (Phi) is 3.96. The minimum absolute atomic E-state index is 0.113. The third-order valence-corrected chi connectivity index (χ3v) is 4.47. The first kappa shape index (κ1) is 14.1.